The normalized spacial score (nSPS) is 12.5. The van der Waals surface area contributed by atoms with Crippen molar-refractivity contribution in [2.45, 2.75) is 38.0 Å². The Labute approximate surface area is 142 Å². The number of carbonyl (C=O) groups excluding carboxylic acids is 1. The molecular formula is C15H25N3O5S. The topological polar surface area (TPSA) is 110 Å². The molecular weight excluding hydrogens is 334 g/mol. The number of rotatable bonds is 8. The van der Waals surface area contributed by atoms with Gasteiger partial charge in [0, 0.05) is 13.1 Å². The van der Waals surface area contributed by atoms with E-state index in [0.717, 1.165) is 0 Å². The molecule has 0 bridgehead atoms. The third-order valence-electron chi connectivity index (χ3n) is 2.66. The van der Waals surface area contributed by atoms with Crippen LogP contribution >= 0.6 is 0 Å². The zero-order valence-electron chi connectivity index (χ0n) is 14.4. The van der Waals surface area contributed by atoms with E-state index in [4.69, 9.17) is 9.15 Å². The summed E-state index contributed by atoms with van der Waals surface area (Å²) in [6.45, 7) is 6.70. The van der Waals surface area contributed by atoms with Crippen LogP contribution in [0.3, 0.4) is 0 Å². The summed E-state index contributed by atoms with van der Waals surface area (Å²) in [6.07, 6.45) is 3.16. The number of sulfonamides is 1. The Balaban J connectivity index is 2.24. The van der Waals surface area contributed by atoms with Crippen molar-refractivity contribution in [1.82, 2.24) is 15.4 Å². The van der Waals surface area contributed by atoms with Crippen LogP contribution in [0, 0.1) is 0 Å². The minimum Gasteiger partial charge on any atom is -0.447 e. The SMILES string of the molecule is CNS(=O)(=O)c1ccc(CNC/C=C/CNC(=O)OC(C)(C)C)o1. The summed E-state index contributed by atoms with van der Waals surface area (Å²) in [6, 6.07) is 3.01. The van der Waals surface area contributed by atoms with E-state index in [1.54, 1.807) is 32.9 Å². The van der Waals surface area contributed by atoms with E-state index in [9.17, 15) is 13.2 Å². The lowest BCUT2D eigenvalue weighted by molar-refractivity contribution is 0.0534. The highest BCUT2D eigenvalue weighted by molar-refractivity contribution is 7.89. The van der Waals surface area contributed by atoms with Gasteiger partial charge in [0.25, 0.3) is 10.0 Å². The molecule has 1 aromatic heterocycles. The number of alkyl carbamates (subject to hydrolysis) is 1. The van der Waals surface area contributed by atoms with Crippen molar-refractivity contribution in [3.8, 4) is 0 Å². The molecule has 0 saturated heterocycles. The van der Waals surface area contributed by atoms with Crippen LogP contribution in [0.25, 0.3) is 0 Å². The smallest absolute Gasteiger partial charge is 0.407 e. The lowest BCUT2D eigenvalue weighted by Gasteiger charge is -2.19. The van der Waals surface area contributed by atoms with Crippen molar-refractivity contribution >= 4 is 16.1 Å². The van der Waals surface area contributed by atoms with Gasteiger partial charge in [0.1, 0.15) is 11.4 Å². The number of ether oxygens (including phenoxy) is 1. The standard InChI is InChI=1S/C15H25N3O5S/c1-15(2,3)23-14(19)18-10-6-5-9-17-11-12-7-8-13(22-12)24(20,21)16-4/h5-8,16-17H,9-11H2,1-4H3,(H,18,19)/b6-5+. The van der Waals surface area contributed by atoms with E-state index in [-0.39, 0.29) is 5.09 Å². The van der Waals surface area contributed by atoms with Crippen molar-refractivity contribution in [2.75, 3.05) is 20.1 Å². The van der Waals surface area contributed by atoms with Gasteiger partial charge in [0.05, 0.1) is 6.54 Å². The quantitative estimate of drug-likeness (QED) is 0.477. The molecule has 0 atom stereocenters. The first kappa shape index (κ1) is 20.2. The zero-order chi connectivity index (χ0) is 18.2. The number of carbonyl (C=O) groups is 1. The van der Waals surface area contributed by atoms with E-state index in [2.05, 4.69) is 15.4 Å². The van der Waals surface area contributed by atoms with E-state index in [0.29, 0.717) is 25.4 Å². The van der Waals surface area contributed by atoms with E-state index >= 15 is 0 Å². The Kier molecular flexibility index (Phi) is 7.46. The molecule has 0 aliphatic rings. The Morgan fingerprint density at radius 1 is 1.25 bits per heavy atom. The monoisotopic (exact) mass is 359 g/mol. The van der Waals surface area contributed by atoms with Crippen molar-refractivity contribution in [3.63, 3.8) is 0 Å². The summed E-state index contributed by atoms with van der Waals surface area (Å²) in [4.78, 5) is 11.4. The molecule has 1 amide bonds. The molecule has 1 rings (SSSR count). The molecule has 0 aromatic carbocycles. The third kappa shape index (κ3) is 7.62. The summed E-state index contributed by atoms with van der Waals surface area (Å²) >= 11 is 0. The summed E-state index contributed by atoms with van der Waals surface area (Å²) < 4.78 is 35.6. The molecule has 0 spiro atoms. The second-order valence-electron chi connectivity index (χ2n) is 5.91. The van der Waals surface area contributed by atoms with Gasteiger partial charge in [-0.1, -0.05) is 12.2 Å². The summed E-state index contributed by atoms with van der Waals surface area (Å²) in [5.74, 6) is 0.518. The average molecular weight is 359 g/mol. The van der Waals surface area contributed by atoms with Gasteiger partial charge in [-0.05, 0) is 40.0 Å². The Bertz CT molecular complexity index is 659. The number of amides is 1. The van der Waals surface area contributed by atoms with Crippen LogP contribution in [0.1, 0.15) is 26.5 Å². The highest BCUT2D eigenvalue weighted by Gasteiger charge is 2.16. The van der Waals surface area contributed by atoms with Crippen molar-refractivity contribution in [2.24, 2.45) is 0 Å². The predicted octanol–water partition coefficient (Wildman–Crippen LogP) is 1.36. The molecule has 0 radical (unpaired) electrons. The third-order valence-corrected chi connectivity index (χ3v) is 3.95. The molecule has 9 heteroatoms. The largest absolute Gasteiger partial charge is 0.447 e. The first-order valence-electron chi connectivity index (χ1n) is 7.49. The number of hydrogen-bond acceptors (Lipinski definition) is 6. The molecule has 3 N–H and O–H groups in total. The molecule has 0 saturated carbocycles. The Morgan fingerprint density at radius 3 is 2.54 bits per heavy atom. The summed E-state index contributed by atoms with van der Waals surface area (Å²) in [7, 11) is -2.23. The lowest BCUT2D eigenvalue weighted by atomic mass is 10.2. The van der Waals surface area contributed by atoms with Crippen LogP contribution in [-0.2, 0) is 21.3 Å². The molecule has 24 heavy (non-hydrogen) atoms. The molecule has 1 aromatic rings. The van der Waals surface area contributed by atoms with Gasteiger partial charge in [-0.3, -0.25) is 0 Å². The van der Waals surface area contributed by atoms with Crippen LogP contribution in [0.4, 0.5) is 4.79 Å². The van der Waals surface area contributed by atoms with Gasteiger partial charge >= 0.3 is 6.09 Å². The predicted molar refractivity (Wildman–Crippen MR) is 90.0 cm³/mol. The minimum atomic E-state index is -3.55. The van der Waals surface area contributed by atoms with Crippen LogP contribution in [0.15, 0.2) is 33.8 Å². The molecule has 1 heterocycles. The fourth-order valence-electron chi connectivity index (χ4n) is 1.60. The maximum atomic E-state index is 11.5. The molecule has 0 aliphatic heterocycles. The van der Waals surface area contributed by atoms with Crippen molar-refractivity contribution in [3.05, 3.63) is 30.0 Å². The van der Waals surface area contributed by atoms with Crippen molar-refractivity contribution < 1.29 is 22.4 Å². The first-order chi connectivity index (χ1) is 11.1. The minimum absolute atomic E-state index is 0.112. The average Bonchev–Trinajstić information content (AvgIpc) is 2.94. The van der Waals surface area contributed by atoms with Gasteiger partial charge in [-0.25, -0.2) is 17.9 Å². The first-order valence-corrected chi connectivity index (χ1v) is 8.97. The second-order valence-corrected chi connectivity index (χ2v) is 7.73. The van der Waals surface area contributed by atoms with Crippen LogP contribution in [0.5, 0.6) is 0 Å². The van der Waals surface area contributed by atoms with Gasteiger partial charge in [-0.15, -0.1) is 0 Å². The maximum Gasteiger partial charge on any atom is 0.407 e. The highest BCUT2D eigenvalue weighted by Crippen LogP contribution is 2.13. The number of furan rings is 1. The van der Waals surface area contributed by atoms with E-state index in [1.807, 2.05) is 6.08 Å². The van der Waals surface area contributed by atoms with E-state index in [1.165, 1.54) is 13.1 Å². The summed E-state index contributed by atoms with van der Waals surface area (Å²) in [5.41, 5.74) is -0.516. The van der Waals surface area contributed by atoms with Crippen LogP contribution < -0.4 is 15.4 Å². The van der Waals surface area contributed by atoms with Crippen molar-refractivity contribution in [1.29, 1.82) is 0 Å². The van der Waals surface area contributed by atoms with Crippen LogP contribution in [0.2, 0.25) is 0 Å². The number of nitrogens with one attached hydrogen (secondary N) is 3. The van der Waals surface area contributed by atoms with Gasteiger partial charge in [-0.2, -0.15) is 0 Å². The maximum absolute atomic E-state index is 11.5. The summed E-state index contributed by atoms with van der Waals surface area (Å²) in [5, 5.41) is 5.57. The van der Waals surface area contributed by atoms with E-state index < -0.39 is 21.7 Å². The molecule has 0 aliphatic carbocycles. The molecule has 0 unspecified atom stereocenters. The van der Waals surface area contributed by atoms with Gasteiger partial charge < -0.3 is 19.8 Å². The fraction of sp³-hybridized carbons (Fsp3) is 0.533. The van der Waals surface area contributed by atoms with Gasteiger partial charge in [0.15, 0.2) is 0 Å². The second kappa shape index (κ2) is 8.86. The fourth-order valence-corrected chi connectivity index (χ4v) is 2.27. The molecule has 8 nitrogen and oxygen atoms in total. The van der Waals surface area contributed by atoms with Gasteiger partial charge in [0.2, 0.25) is 5.09 Å². The number of hydrogen-bond donors (Lipinski definition) is 3. The lowest BCUT2D eigenvalue weighted by Crippen LogP contribution is -2.32. The Morgan fingerprint density at radius 2 is 1.92 bits per heavy atom. The molecule has 0 fully saturated rings. The molecule has 136 valence electrons. The zero-order valence-corrected chi connectivity index (χ0v) is 15.2. The van der Waals surface area contributed by atoms with Crippen LogP contribution in [-0.4, -0.2) is 40.2 Å². The Hall–Kier alpha value is -1.84. The highest BCUT2D eigenvalue weighted by atomic mass is 32.2.